The van der Waals surface area contributed by atoms with Crippen molar-refractivity contribution in [3.63, 3.8) is 0 Å². The van der Waals surface area contributed by atoms with E-state index in [0.29, 0.717) is 0 Å². The molecule has 0 saturated carbocycles. The van der Waals surface area contributed by atoms with Gasteiger partial charge in [-0.15, -0.1) is 0 Å². The van der Waals surface area contributed by atoms with Crippen molar-refractivity contribution in [3.8, 4) is 78.0 Å². The molecule has 0 atom stereocenters. The van der Waals surface area contributed by atoms with Crippen molar-refractivity contribution in [2.45, 2.75) is 40.5 Å². The van der Waals surface area contributed by atoms with Crippen molar-refractivity contribution >= 4 is 33.8 Å². The van der Waals surface area contributed by atoms with E-state index in [1.165, 1.54) is 131 Å². The van der Waals surface area contributed by atoms with Crippen LogP contribution >= 0.6 is 0 Å². The fourth-order valence-electron chi connectivity index (χ4n) is 10.6. The molecule has 0 radical (unpaired) electrons. The van der Waals surface area contributed by atoms with Crippen molar-refractivity contribution < 1.29 is 0 Å². The summed E-state index contributed by atoms with van der Waals surface area (Å²) in [5.41, 5.74) is 28.0. The fraction of sp³-hybridized carbons (Fsp3) is 0.105. The monoisotopic (exact) mass is 847 g/mol. The molecule has 12 rings (SSSR count). The van der Waals surface area contributed by atoms with Crippen molar-refractivity contribution in [3.05, 3.63) is 196 Å². The molecule has 61 heavy (non-hydrogen) atoms. The average molecular weight is 847 g/mol. The molecule has 0 spiro atoms. The van der Waals surface area contributed by atoms with Crippen LogP contribution in [-0.4, -0.2) is 29.9 Å². The first-order chi connectivity index (χ1) is 29.9. The first kappa shape index (κ1) is 36.2. The standard InChI is InChI=1S/C57H41N3Se/c1-32-28-45-39-18-10-8-16-37(39)30-47(45)52(34(32)3)43-24-25-51-56(42-20-12-13-21-50(42)61-51)54(43)44-23-22-41(36-14-6-5-7-15-36)57(55(44)49-26-27-58-60-59-49)53-35(4)33(2)29-46-40-19-11-9-17-38(40)31-48(46)53/h5-29H,30-31H2,1-4H3. The molecule has 2 aliphatic rings. The van der Waals surface area contributed by atoms with E-state index in [-0.39, 0.29) is 14.5 Å². The van der Waals surface area contributed by atoms with Crippen LogP contribution in [0, 0.1) is 27.7 Å². The zero-order valence-corrected chi connectivity index (χ0v) is 36.3. The Kier molecular flexibility index (Phi) is 8.26. The Balaban J connectivity index is 1.28. The van der Waals surface area contributed by atoms with E-state index in [1.54, 1.807) is 6.20 Å². The number of fused-ring (bicyclic) bond motifs is 9. The van der Waals surface area contributed by atoms with E-state index in [2.05, 4.69) is 184 Å². The number of hydrogen-bond donors (Lipinski definition) is 0. The predicted molar refractivity (Wildman–Crippen MR) is 254 cm³/mol. The normalized spacial score (nSPS) is 12.5. The minimum atomic E-state index is 0.169. The van der Waals surface area contributed by atoms with Crippen LogP contribution in [0.15, 0.2) is 152 Å². The molecule has 2 aromatic heterocycles. The van der Waals surface area contributed by atoms with Crippen LogP contribution in [0.1, 0.15) is 44.5 Å². The molecule has 0 N–H and O–H groups in total. The van der Waals surface area contributed by atoms with E-state index in [1.807, 2.05) is 0 Å². The second-order valence-corrected chi connectivity index (χ2v) is 19.1. The molecule has 3 nitrogen and oxygen atoms in total. The minimum absolute atomic E-state index is 0.169. The summed E-state index contributed by atoms with van der Waals surface area (Å²) in [7, 11) is 0. The number of aryl methyl sites for hydroxylation is 2. The van der Waals surface area contributed by atoms with Gasteiger partial charge in [0.2, 0.25) is 0 Å². The fourth-order valence-corrected chi connectivity index (χ4v) is 13.0. The Bertz CT molecular complexity index is 3450. The summed E-state index contributed by atoms with van der Waals surface area (Å²) < 4.78 is 2.85. The zero-order chi connectivity index (χ0) is 40.9. The number of benzene rings is 8. The number of aromatic nitrogens is 3. The average Bonchev–Trinajstić information content (AvgIpc) is 3.98. The van der Waals surface area contributed by atoms with Gasteiger partial charge in [0, 0.05) is 0 Å². The molecule has 0 bridgehead atoms. The maximum absolute atomic E-state index is 4.94. The summed E-state index contributed by atoms with van der Waals surface area (Å²) >= 11 is 0.169. The summed E-state index contributed by atoms with van der Waals surface area (Å²) in [4.78, 5) is 0. The topological polar surface area (TPSA) is 38.7 Å². The molecular formula is C57H41N3Se. The SMILES string of the molecule is Cc1cc2c(c(-c3ccc4[se]c5ccccc5c4c3-c3ccc(-c4ccccc4)c(-c4c(C)c(C)cc5c4Cc4ccccc4-5)c3-c3ccnnn3)c1C)Cc1ccccc1-2. The molecule has 2 heterocycles. The molecule has 4 heteroatoms. The van der Waals surface area contributed by atoms with Gasteiger partial charge in [-0.2, -0.15) is 0 Å². The summed E-state index contributed by atoms with van der Waals surface area (Å²) in [5, 5.41) is 16.2. The van der Waals surface area contributed by atoms with Gasteiger partial charge in [-0.05, 0) is 0 Å². The molecular weight excluding hydrogens is 806 g/mol. The molecule has 0 amide bonds. The third-order valence-corrected chi connectivity index (χ3v) is 16.0. The van der Waals surface area contributed by atoms with Crippen LogP contribution in [0.4, 0.5) is 0 Å². The molecule has 290 valence electrons. The first-order valence-electron chi connectivity index (χ1n) is 21.2. The van der Waals surface area contributed by atoms with E-state index < -0.39 is 0 Å². The molecule has 0 fully saturated rings. The van der Waals surface area contributed by atoms with Gasteiger partial charge in [-0.1, -0.05) is 0 Å². The van der Waals surface area contributed by atoms with Crippen molar-refractivity contribution in [1.82, 2.24) is 15.4 Å². The number of rotatable bonds is 5. The van der Waals surface area contributed by atoms with Gasteiger partial charge in [0.05, 0.1) is 0 Å². The molecule has 2 aliphatic carbocycles. The molecule has 0 aliphatic heterocycles. The molecule has 8 aromatic carbocycles. The Morgan fingerprint density at radius 1 is 0.443 bits per heavy atom. The Morgan fingerprint density at radius 3 is 1.74 bits per heavy atom. The Morgan fingerprint density at radius 2 is 1.03 bits per heavy atom. The van der Waals surface area contributed by atoms with E-state index >= 15 is 0 Å². The van der Waals surface area contributed by atoms with E-state index in [4.69, 9.17) is 5.10 Å². The van der Waals surface area contributed by atoms with Gasteiger partial charge in [0.15, 0.2) is 0 Å². The summed E-state index contributed by atoms with van der Waals surface area (Å²) in [6.45, 7) is 9.21. The zero-order valence-electron chi connectivity index (χ0n) is 34.6. The number of nitrogens with zero attached hydrogens (tertiary/aromatic N) is 3. The summed E-state index contributed by atoms with van der Waals surface area (Å²) in [5.74, 6) is 0. The van der Waals surface area contributed by atoms with Crippen LogP contribution in [0.5, 0.6) is 0 Å². The molecule has 0 unspecified atom stereocenters. The van der Waals surface area contributed by atoms with Gasteiger partial charge in [0.25, 0.3) is 0 Å². The van der Waals surface area contributed by atoms with Crippen LogP contribution in [-0.2, 0) is 12.8 Å². The van der Waals surface area contributed by atoms with E-state index in [9.17, 15) is 0 Å². The van der Waals surface area contributed by atoms with Crippen LogP contribution in [0.2, 0.25) is 0 Å². The Labute approximate surface area is 362 Å². The second-order valence-electron chi connectivity index (χ2n) is 16.8. The summed E-state index contributed by atoms with van der Waals surface area (Å²) in [6.07, 6.45) is 3.59. The van der Waals surface area contributed by atoms with Gasteiger partial charge in [0.1, 0.15) is 0 Å². The third kappa shape index (κ3) is 5.46. The third-order valence-electron chi connectivity index (χ3n) is 13.6. The summed E-state index contributed by atoms with van der Waals surface area (Å²) in [6, 6.07) is 54.5. The maximum atomic E-state index is 4.94. The van der Waals surface area contributed by atoms with Gasteiger partial charge >= 0.3 is 364 Å². The molecule has 10 aromatic rings. The number of hydrogen-bond acceptors (Lipinski definition) is 3. The Hall–Kier alpha value is -6.71. The second kappa shape index (κ2) is 13.9. The van der Waals surface area contributed by atoms with Gasteiger partial charge in [-0.3, -0.25) is 0 Å². The predicted octanol–water partition coefficient (Wildman–Crippen LogP) is 13.9. The van der Waals surface area contributed by atoms with Crippen molar-refractivity contribution in [2.75, 3.05) is 0 Å². The molecule has 0 saturated heterocycles. The van der Waals surface area contributed by atoms with E-state index in [0.717, 1.165) is 24.1 Å². The van der Waals surface area contributed by atoms with Crippen molar-refractivity contribution in [2.24, 2.45) is 0 Å². The van der Waals surface area contributed by atoms with Crippen LogP contribution < -0.4 is 0 Å². The van der Waals surface area contributed by atoms with Crippen LogP contribution in [0.3, 0.4) is 0 Å². The van der Waals surface area contributed by atoms with Gasteiger partial charge in [-0.25, -0.2) is 0 Å². The quantitative estimate of drug-likeness (QED) is 0.162. The van der Waals surface area contributed by atoms with Crippen molar-refractivity contribution in [1.29, 1.82) is 0 Å². The van der Waals surface area contributed by atoms with Gasteiger partial charge < -0.3 is 0 Å². The van der Waals surface area contributed by atoms with Crippen LogP contribution in [0.25, 0.3) is 97.3 Å². The first-order valence-corrected chi connectivity index (χ1v) is 22.9.